The van der Waals surface area contributed by atoms with Crippen LogP contribution >= 0.6 is 0 Å². The van der Waals surface area contributed by atoms with Gasteiger partial charge < -0.3 is 10.2 Å². The molecule has 4 aromatic rings. The average molecular weight is 398 g/mol. The summed E-state index contributed by atoms with van der Waals surface area (Å²) in [5.41, 5.74) is 2.70. The predicted molar refractivity (Wildman–Crippen MR) is 118 cm³/mol. The van der Waals surface area contributed by atoms with Crippen molar-refractivity contribution in [1.29, 1.82) is 0 Å². The van der Waals surface area contributed by atoms with E-state index in [-0.39, 0.29) is 5.91 Å². The Kier molecular flexibility index (Phi) is 4.63. The average Bonchev–Trinajstić information content (AvgIpc) is 3.45. The highest BCUT2D eigenvalue weighted by Crippen LogP contribution is 2.25. The van der Waals surface area contributed by atoms with Gasteiger partial charge in [-0.05, 0) is 48.1 Å². The highest BCUT2D eigenvalue weighted by Gasteiger charge is 2.16. The van der Waals surface area contributed by atoms with Crippen LogP contribution in [-0.4, -0.2) is 38.7 Å². The molecule has 5 rings (SSSR count). The van der Waals surface area contributed by atoms with Crippen molar-refractivity contribution in [2.45, 2.75) is 12.8 Å². The molecule has 0 saturated carbocycles. The largest absolute Gasteiger partial charge is 0.357 e. The summed E-state index contributed by atoms with van der Waals surface area (Å²) in [6, 6.07) is 11.6. The fourth-order valence-corrected chi connectivity index (χ4v) is 3.83. The molecule has 0 unspecified atom stereocenters. The molecule has 0 bridgehead atoms. The molecular formula is C23H22N6O. The summed E-state index contributed by atoms with van der Waals surface area (Å²) in [5, 5.41) is 9.18. The third kappa shape index (κ3) is 3.61. The summed E-state index contributed by atoms with van der Waals surface area (Å²) >= 11 is 0. The van der Waals surface area contributed by atoms with Gasteiger partial charge in [0.1, 0.15) is 11.6 Å². The molecule has 4 heterocycles. The van der Waals surface area contributed by atoms with Crippen molar-refractivity contribution < 1.29 is 4.79 Å². The van der Waals surface area contributed by atoms with Gasteiger partial charge in [-0.1, -0.05) is 12.1 Å². The maximum atomic E-state index is 12.8. The number of carbonyl (C=O) groups excluding carboxylic acids is 1. The van der Waals surface area contributed by atoms with Gasteiger partial charge >= 0.3 is 0 Å². The third-order valence-electron chi connectivity index (χ3n) is 5.44. The highest BCUT2D eigenvalue weighted by atomic mass is 16.1. The van der Waals surface area contributed by atoms with Gasteiger partial charge in [-0.3, -0.25) is 9.48 Å². The first-order valence-electron chi connectivity index (χ1n) is 10.1. The second kappa shape index (κ2) is 7.59. The zero-order valence-electron chi connectivity index (χ0n) is 16.7. The van der Waals surface area contributed by atoms with Gasteiger partial charge in [-0.2, -0.15) is 5.10 Å². The SMILES string of the molecule is Cn1cc(-c2ccc3cnc(NC(=O)c4ccnc(N5CCCC5)c4)cc3c2)cn1. The lowest BCUT2D eigenvalue weighted by Gasteiger charge is -2.16. The number of nitrogens with one attached hydrogen (secondary N) is 1. The summed E-state index contributed by atoms with van der Waals surface area (Å²) in [4.78, 5) is 23.8. The molecule has 0 atom stereocenters. The van der Waals surface area contributed by atoms with Crippen molar-refractivity contribution >= 4 is 28.3 Å². The monoisotopic (exact) mass is 398 g/mol. The topological polar surface area (TPSA) is 75.9 Å². The van der Waals surface area contributed by atoms with Crippen LogP contribution in [0, 0.1) is 0 Å². The highest BCUT2D eigenvalue weighted by molar-refractivity contribution is 6.05. The molecule has 1 aliphatic heterocycles. The number of rotatable bonds is 4. The molecule has 0 aliphatic carbocycles. The van der Waals surface area contributed by atoms with E-state index in [0.717, 1.165) is 40.8 Å². The van der Waals surface area contributed by atoms with E-state index < -0.39 is 0 Å². The number of amides is 1. The summed E-state index contributed by atoms with van der Waals surface area (Å²) in [6.07, 6.45) is 9.62. The van der Waals surface area contributed by atoms with Gasteiger partial charge in [0.2, 0.25) is 0 Å². The van der Waals surface area contributed by atoms with E-state index in [1.165, 1.54) is 12.8 Å². The number of pyridine rings is 2. The number of carbonyl (C=O) groups is 1. The van der Waals surface area contributed by atoms with Crippen molar-refractivity contribution in [2.75, 3.05) is 23.3 Å². The Morgan fingerprint density at radius 2 is 1.83 bits per heavy atom. The number of anilines is 2. The summed E-state index contributed by atoms with van der Waals surface area (Å²) in [7, 11) is 1.90. The first-order valence-corrected chi connectivity index (χ1v) is 10.1. The van der Waals surface area contributed by atoms with Crippen molar-refractivity contribution in [3.63, 3.8) is 0 Å². The van der Waals surface area contributed by atoms with E-state index in [1.54, 1.807) is 23.1 Å². The standard InChI is InChI=1S/C23H22N6O/c1-28-15-20(14-26-28)16-4-5-18-13-25-21(11-19(18)10-16)27-23(30)17-6-7-24-22(12-17)29-8-2-3-9-29/h4-7,10-15H,2-3,8-9H2,1H3,(H,25,27,30). The molecule has 30 heavy (non-hydrogen) atoms. The van der Waals surface area contributed by atoms with Crippen LogP contribution < -0.4 is 10.2 Å². The van der Waals surface area contributed by atoms with E-state index in [1.807, 2.05) is 37.6 Å². The Morgan fingerprint density at radius 1 is 0.967 bits per heavy atom. The molecule has 1 aliphatic rings. The number of hydrogen-bond donors (Lipinski definition) is 1. The molecule has 150 valence electrons. The van der Waals surface area contributed by atoms with Crippen LogP contribution in [-0.2, 0) is 7.05 Å². The smallest absolute Gasteiger partial charge is 0.257 e. The maximum Gasteiger partial charge on any atom is 0.257 e. The van der Waals surface area contributed by atoms with Crippen LogP contribution in [0.5, 0.6) is 0 Å². The lowest BCUT2D eigenvalue weighted by atomic mass is 10.1. The second-order valence-electron chi connectivity index (χ2n) is 7.59. The fourth-order valence-electron chi connectivity index (χ4n) is 3.83. The Hall–Kier alpha value is -3.74. The third-order valence-corrected chi connectivity index (χ3v) is 5.44. The molecule has 1 amide bonds. The van der Waals surface area contributed by atoms with Crippen LogP contribution in [0.3, 0.4) is 0 Å². The molecular weight excluding hydrogens is 376 g/mol. The van der Waals surface area contributed by atoms with Crippen molar-refractivity contribution in [3.05, 3.63) is 66.7 Å². The first-order chi connectivity index (χ1) is 14.7. The molecule has 7 nitrogen and oxygen atoms in total. The number of aromatic nitrogens is 4. The van der Waals surface area contributed by atoms with Gasteiger partial charge in [-0.15, -0.1) is 0 Å². The van der Waals surface area contributed by atoms with E-state index in [4.69, 9.17) is 0 Å². The zero-order chi connectivity index (χ0) is 20.5. The second-order valence-corrected chi connectivity index (χ2v) is 7.59. The number of hydrogen-bond acceptors (Lipinski definition) is 5. The van der Waals surface area contributed by atoms with Crippen LogP contribution in [0.4, 0.5) is 11.6 Å². The number of nitrogens with zero attached hydrogens (tertiary/aromatic N) is 5. The molecule has 1 N–H and O–H groups in total. The van der Waals surface area contributed by atoms with Crippen molar-refractivity contribution in [2.24, 2.45) is 7.05 Å². The molecule has 3 aromatic heterocycles. The van der Waals surface area contributed by atoms with Crippen LogP contribution in [0.1, 0.15) is 23.2 Å². The van der Waals surface area contributed by atoms with E-state index in [0.29, 0.717) is 11.4 Å². The fraction of sp³-hybridized carbons (Fsp3) is 0.217. The molecule has 1 saturated heterocycles. The van der Waals surface area contributed by atoms with Crippen molar-refractivity contribution in [1.82, 2.24) is 19.7 Å². The van der Waals surface area contributed by atoms with E-state index in [2.05, 4.69) is 37.4 Å². The first kappa shape index (κ1) is 18.3. The normalized spacial score (nSPS) is 13.7. The van der Waals surface area contributed by atoms with Crippen LogP contribution in [0.25, 0.3) is 21.9 Å². The van der Waals surface area contributed by atoms with Crippen molar-refractivity contribution in [3.8, 4) is 11.1 Å². The minimum atomic E-state index is -0.187. The van der Waals surface area contributed by atoms with Gasteiger partial charge in [0.25, 0.3) is 5.91 Å². The van der Waals surface area contributed by atoms with E-state index >= 15 is 0 Å². The summed E-state index contributed by atoms with van der Waals surface area (Å²) in [6.45, 7) is 1.98. The Morgan fingerprint density at radius 3 is 2.63 bits per heavy atom. The molecule has 1 fully saturated rings. The Labute approximate surface area is 174 Å². The zero-order valence-corrected chi connectivity index (χ0v) is 16.7. The number of benzene rings is 1. The quantitative estimate of drug-likeness (QED) is 0.565. The maximum absolute atomic E-state index is 12.8. The van der Waals surface area contributed by atoms with E-state index in [9.17, 15) is 4.79 Å². The summed E-state index contributed by atoms with van der Waals surface area (Å²) in [5.74, 6) is 1.19. The summed E-state index contributed by atoms with van der Waals surface area (Å²) < 4.78 is 1.78. The molecule has 1 aromatic carbocycles. The molecule has 7 heteroatoms. The minimum absolute atomic E-state index is 0.187. The minimum Gasteiger partial charge on any atom is -0.357 e. The lowest BCUT2D eigenvalue weighted by molar-refractivity contribution is 0.102. The lowest BCUT2D eigenvalue weighted by Crippen LogP contribution is -2.20. The molecule has 0 spiro atoms. The number of fused-ring (bicyclic) bond motifs is 1. The van der Waals surface area contributed by atoms with Gasteiger partial charge in [0.15, 0.2) is 0 Å². The van der Waals surface area contributed by atoms with Crippen LogP contribution in [0.2, 0.25) is 0 Å². The number of aryl methyl sites for hydroxylation is 1. The van der Waals surface area contributed by atoms with Gasteiger partial charge in [0, 0.05) is 55.2 Å². The molecule has 0 radical (unpaired) electrons. The Balaban J connectivity index is 1.39. The Bertz CT molecular complexity index is 1230. The van der Waals surface area contributed by atoms with Crippen LogP contribution in [0.15, 0.2) is 61.2 Å². The van der Waals surface area contributed by atoms with Gasteiger partial charge in [-0.25, -0.2) is 9.97 Å². The van der Waals surface area contributed by atoms with Gasteiger partial charge in [0.05, 0.1) is 6.20 Å². The predicted octanol–water partition coefficient (Wildman–Crippen LogP) is 3.88.